The second kappa shape index (κ2) is 9.26. The van der Waals surface area contributed by atoms with E-state index in [-0.39, 0.29) is 5.91 Å². The Labute approximate surface area is 170 Å². The fourth-order valence-corrected chi connectivity index (χ4v) is 4.05. The maximum atomic E-state index is 12.7. The van der Waals surface area contributed by atoms with Crippen LogP contribution in [0.1, 0.15) is 30.9 Å². The molecule has 6 heteroatoms. The summed E-state index contributed by atoms with van der Waals surface area (Å²) in [7, 11) is 1.69. The van der Waals surface area contributed by atoms with E-state index < -0.39 is 0 Å². The van der Waals surface area contributed by atoms with Gasteiger partial charge in [-0.15, -0.1) is 0 Å². The van der Waals surface area contributed by atoms with Crippen molar-refractivity contribution >= 4 is 34.4 Å². The number of methoxy groups -OCH3 is 1. The van der Waals surface area contributed by atoms with E-state index in [0.29, 0.717) is 24.8 Å². The molecule has 0 fully saturated rings. The van der Waals surface area contributed by atoms with Gasteiger partial charge < -0.3 is 14.6 Å². The van der Waals surface area contributed by atoms with Crippen molar-refractivity contribution in [2.24, 2.45) is 0 Å². The van der Waals surface area contributed by atoms with E-state index in [0.717, 1.165) is 33.0 Å². The lowest BCUT2D eigenvalue weighted by Gasteiger charge is -2.16. The third kappa shape index (κ3) is 4.56. The average Bonchev–Trinajstić information content (AvgIpc) is 3.03. The molecule has 28 heavy (non-hydrogen) atoms. The van der Waals surface area contributed by atoms with E-state index >= 15 is 0 Å². The molecule has 0 bridgehead atoms. The molecule has 0 spiro atoms. The van der Waals surface area contributed by atoms with Crippen molar-refractivity contribution < 1.29 is 9.53 Å². The minimum absolute atomic E-state index is 0.0217. The molecule has 1 heterocycles. The first kappa shape index (κ1) is 20.4. The van der Waals surface area contributed by atoms with Crippen LogP contribution in [0.4, 0.5) is 5.69 Å². The van der Waals surface area contributed by atoms with Crippen LogP contribution in [-0.4, -0.2) is 34.9 Å². The molecule has 0 aliphatic carbocycles. The van der Waals surface area contributed by atoms with Gasteiger partial charge in [0, 0.05) is 19.3 Å². The number of carbonyl (C=O) groups excluding carboxylic acids is 1. The van der Waals surface area contributed by atoms with Crippen LogP contribution in [0.25, 0.3) is 11.0 Å². The van der Waals surface area contributed by atoms with Gasteiger partial charge in [-0.1, -0.05) is 55.9 Å². The van der Waals surface area contributed by atoms with Crippen molar-refractivity contribution in [3.8, 4) is 0 Å². The lowest BCUT2D eigenvalue weighted by atomic mass is 9.98. The molecule has 5 nitrogen and oxygen atoms in total. The molecular formula is C22H27N3O2S. The molecule has 0 aliphatic rings. The highest BCUT2D eigenvalue weighted by Gasteiger charge is 2.15. The summed E-state index contributed by atoms with van der Waals surface area (Å²) >= 11 is 1.45. The number of nitrogens with one attached hydrogen (secondary N) is 1. The molecule has 148 valence electrons. The van der Waals surface area contributed by atoms with Crippen LogP contribution in [-0.2, 0) is 16.1 Å². The minimum Gasteiger partial charge on any atom is -0.383 e. The number of aromatic nitrogens is 2. The summed E-state index contributed by atoms with van der Waals surface area (Å²) in [6, 6.07) is 14.1. The molecule has 0 saturated carbocycles. The molecule has 1 aromatic heterocycles. The Hall–Kier alpha value is -2.31. The van der Waals surface area contributed by atoms with E-state index in [1.165, 1.54) is 11.8 Å². The number of thioether (sulfide) groups is 1. The van der Waals surface area contributed by atoms with Gasteiger partial charge >= 0.3 is 0 Å². The number of anilines is 1. The maximum Gasteiger partial charge on any atom is 0.234 e. The number of para-hydroxylation sites is 3. The Morgan fingerprint density at radius 3 is 2.75 bits per heavy atom. The highest BCUT2D eigenvalue weighted by Crippen LogP contribution is 2.28. The number of imidazole rings is 1. The van der Waals surface area contributed by atoms with Crippen LogP contribution >= 0.6 is 11.8 Å². The Balaban J connectivity index is 1.75. The summed E-state index contributed by atoms with van der Waals surface area (Å²) in [6.45, 7) is 7.60. The molecule has 3 rings (SSSR count). The molecule has 1 amide bonds. The van der Waals surface area contributed by atoms with Crippen LogP contribution < -0.4 is 5.32 Å². The largest absolute Gasteiger partial charge is 0.383 e. The van der Waals surface area contributed by atoms with Gasteiger partial charge in [-0.3, -0.25) is 4.79 Å². The van der Waals surface area contributed by atoms with E-state index in [1.54, 1.807) is 7.11 Å². The molecule has 0 unspecified atom stereocenters. The van der Waals surface area contributed by atoms with Gasteiger partial charge in [-0.05, 0) is 36.1 Å². The second-order valence-corrected chi connectivity index (χ2v) is 8.00. The number of nitrogens with zero attached hydrogens (tertiary/aromatic N) is 2. The van der Waals surface area contributed by atoms with Gasteiger partial charge in [0.1, 0.15) is 0 Å². The van der Waals surface area contributed by atoms with Gasteiger partial charge in [-0.2, -0.15) is 0 Å². The van der Waals surface area contributed by atoms with E-state index in [1.807, 2.05) is 43.3 Å². The first-order chi connectivity index (χ1) is 13.5. The third-order valence-electron chi connectivity index (χ3n) is 4.66. The number of ether oxygens (including phenoxy) is 1. The quantitative estimate of drug-likeness (QED) is 0.552. The Bertz CT molecular complexity index is 966. The van der Waals surface area contributed by atoms with Gasteiger partial charge in [0.05, 0.1) is 23.4 Å². The third-order valence-corrected chi connectivity index (χ3v) is 5.64. The number of benzene rings is 2. The highest BCUT2D eigenvalue weighted by molar-refractivity contribution is 7.99. The van der Waals surface area contributed by atoms with Crippen LogP contribution in [0.3, 0.4) is 0 Å². The molecular weight excluding hydrogens is 370 g/mol. The van der Waals surface area contributed by atoms with Crippen LogP contribution in [0.5, 0.6) is 0 Å². The summed E-state index contributed by atoms with van der Waals surface area (Å²) in [5, 5.41) is 3.94. The fourth-order valence-electron chi connectivity index (χ4n) is 3.21. The molecule has 0 radical (unpaired) electrons. The smallest absolute Gasteiger partial charge is 0.234 e. The maximum absolute atomic E-state index is 12.7. The van der Waals surface area contributed by atoms with Crippen molar-refractivity contribution in [2.75, 3.05) is 24.8 Å². The number of rotatable bonds is 8. The predicted octanol–water partition coefficient (Wildman–Crippen LogP) is 4.85. The van der Waals surface area contributed by atoms with Gasteiger partial charge in [0.15, 0.2) is 5.16 Å². The van der Waals surface area contributed by atoms with Crippen molar-refractivity contribution in [1.29, 1.82) is 0 Å². The minimum atomic E-state index is -0.0217. The van der Waals surface area contributed by atoms with Crippen molar-refractivity contribution in [1.82, 2.24) is 9.55 Å². The first-order valence-electron chi connectivity index (χ1n) is 9.47. The van der Waals surface area contributed by atoms with Crippen molar-refractivity contribution in [2.45, 2.75) is 38.4 Å². The number of aryl methyl sites for hydroxylation is 1. The Kier molecular flexibility index (Phi) is 6.75. The highest BCUT2D eigenvalue weighted by atomic mass is 32.2. The van der Waals surface area contributed by atoms with E-state index in [9.17, 15) is 4.79 Å². The number of fused-ring (bicyclic) bond motifs is 1. The molecule has 0 saturated heterocycles. The molecule has 0 aliphatic heterocycles. The fraction of sp³-hybridized carbons (Fsp3) is 0.364. The van der Waals surface area contributed by atoms with Crippen molar-refractivity contribution in [3.05, 3.63) is 53.6 Å². The number of hydrogen-bond acceptors (Lipinski definition) is 4. The zero-order valence-corrected chi connectivity index (χ0v) is 17.7. The van der Waals surface area contributed by atoms with Gasteiger partial charge in [-0.25, -0.2) is 4.98 Å². The van der Waals surface area contributed by atoms with Crippen LogP contribution in [0.15, 0.2) is 47.6 Å². The zero-order valence-electron chi connectivity index (χ0n) is 16.9. The van der Waals surface area contributed by atoms with E-state index in [4.69, 9.17) is 9.72 Å². The topological polar surface area (TPSA) is 56.1 Å². The molecule has 1 N–H and O–H groups in total. The summed E-state index contributed by atoms with van der Waals surface area (Å²) in [6.07, 6.45) is 0. The molecule has 3 aromatic rings. The lowest BCUT2D eigenvalue weighted by Crippen LogP contribution is -2.17. The monoisotopic (exact) mass is 397 g/mol. The predicted molar refractivity (Wildman–Crippen MR) is 116 cm³/mol. The van der Waals surface area contributed by atoms with Crippen LogP contribution in [0.2, 0.25) is 0 Å². The van der Waals surface area contributed by atoms with Crippen molar-refractivity contribution in [3.63, 3.8) is 0 Å². The number of carbonyl (C=O) groups is 1. The number of amides is 1. The summed E-state index contributed by atoms with van der Waals surface area (Å²) < 4.78 is 7.35. The van der Waals surface area contributed by atoms with Crippen LogP contribution in [0, 0.1) is 6.92 Å². The average molecular weight is 398 g/mol. The lowest BCUT2D eigenvalue weighted by molar-refractivity contribution is -0.113. The standard InChI is InChI=1S/C22H27N3O2S/c1-15(2)17-9-7-8-16(3)21(17)24-20(26)14-28-22-23-18-10-5-6-11-19(18)25(22)12-13-27-4/h5-11,15H,12-14H2,1-4H3,(H,24,26). The summed E-state index contributed by atoms with van der Waals surface area (Å²) in [4.78, 5) is 17.4. The Morgan fingerprint density at radius 1 is 1.21 bits per heavy atom. The second-order valence-electron chi connectivity index (χ2n) is 7.06. The zero-order chi connectivity index (χ0) is 20.1. The number of hydrogen-bond donors (Lipinski definition) is 1. The van der Waals surface area contributed by atoms with Gasteiger partial charge in [0.2, 0.25) is 5.91 Å². The normalized spacial score (nSPS) is 11.3. The summed E-state index contributed by atoms with van der Waals surface area (Å²) in [5.41, 5.74) is 5.16. The summed E-state index contributed by atoms with van der Waals surface area (Å²) in [5.74, 6) is 0.634. The Morgan fingerprint density at radius 2 is 2.00 bits per heavy atom. The molecule has 0 atom stereocenters. The van der Waals surface area contributed by atoms with Gasteiger partial charge in [0.25, 0.3) is 0 Å². The molecule has 2 aromatic carbocycles. The first-order valence-corrected chi connectivity index (χ1v) is 10.5. The van der Waals surface area contributed by atoms with E-state index in [2.05, 4.69) is 29.8 Å². The SMILES string of the molecule is COCCn1c(SCC(=O)Nc2c(C)cccc2C(C)C)nc2ccccc21.